The minimum absolute atomic E-state index is 0. The fourth-order valence-corrected chi connectivity index (χ4v) is 18.9. The van der Waals surface area contributed by atoms with E-state index in [0.29, 0.717) is 0 Å². The van der Waals surface area contributed by atoms with Crippen LogP contribution in [0.4, 0.5) is 0 Å². The Morgan fingerprint density at radius 3 is 0.838 bits per heavy atom. The predicted octanol–water partition coefficient (Wildman–Crippen LogP) is -39.5. The molecule has 148 heavy (non-hydrogen) atoms. The summed E-state index contributed by atoms with van der Waals surface area (Å²) in [6.45, 7) is -7.11. The second kappa shape index (κ2) is 63.5. The van der Waals surface area contributed by atoms with Crippen molar-refractivity contribution in [2.45, 2.75) is 159 Å². The van der Waals surface area contributed by atoms with Crippen LogP contribution in [0.25, 0.3) is 11.1 Å². The summed E-state index contributed by atoms with van der Waals surface area (Å²) >= 11 is 0. The van der Waals surface area contributed by atoms with Gasteiger partial charge in [-0.25, -0.2) is 67.2 Å². The summed E-state index contributed by atoms with van der Waals surface area (Å²) in [5, 5.41) is 68.3. The Balaban J connectivity index is 0.0000216. The molecule has 6 aromatic carbocycles. The third-order valence-corrected chi connectivity index (χ3v) is 24.5. The van der Waals surface area contributed by atoms with E-state index >= 15 is 29.4 Å². The molecular weight excluding hydrogens is 2310 g/mol. The van der Waals surface area contributed by atoms with E-state index in [1.54, 1.807) is 5.32 Å². The molecule has 4 aliphatic rings. The minimum atomic E-state index is -6.38. The van der Waals surface area contributed by atoms with E-state index < -0.39 is 325 Å². The topological polar surface area (TPSA) is 917 Å². The molecule has 4 aliphatic heterocycles. The van der Waals surface area contributed by atoms with Gasteiger partial charge in [0.25, 0.3) is 11.8 Å². The summed E-state index contributed by atoms with van der Waals surface area (Å²) in [5.41, 5.74) is -1.40. The zero-order valence-electron chi connectivity index (χ0n) is 78.7. The largest absolute Gasteiger partial charge is 1.00 e. The van der Waals surface area contributed by atoms with Crippen LogP contribution in [-0.4, -0.2) is 314 Å². The van der Waals surface area contributed by atoms with Gasteiger partial charge in [0.05, 0.1) is 50.6 Å². The van der Waals surface area contributed by atoms with Crippen LogP contribution >= 0.6 is 0 Å². The normalized spacial score (nSPS) is 25.8. The number of nitrogens with one attached hydrogen (secondary N) is 4. The standard InChI is InChI=1S/C70H78N4O54S10.10Na/c75-63(73-61-59(55(125-135(101,102)103)49(35-115-131(89,90)91)121-69(61,81)31-39-17-9-3-10-18-39)117-45(29-37-13-5-1-6-14-37)65(77)71-51-57(127-137(107,108)109)53(123-133(95,96)97)47(119-67(51)79)33-113-129(83,84)85)43-25-21-41(22-26-43)42-23-27-44(28-24-42)64(76)74-62-60(56(126-136(104,105)106)50(36-116-132(92,93)94)122-70(62,82)32-40-19-11-4-12-20-40)118-46(30-38-15-7-2-8-16-38)66(78)72-52-58(128-138(110,111)112)54(124-134(98,99)100)48(120-68(52)80)34-114-130(86,87)88;;;;;;;;;;/h1-28,45-62,67-68H,29-36H2,(H,71,77)(H,72,78)(H,73,75)(H,74,76)(H,83,84,85)(H,86,87,88)(H,89,90,91)(H,92,93,94)(H,95,96,97)(H,98,99,100)(H,101,102,103)(H,104,105,106)(H,107,108,109)(H,110,111,112);;;;;;;;;;/q-4;10*+1/p-6/t45?,46?,47-,48-,49-,50-,51-,52-,53-,54-,55-,56-,57-,58-,59+,60+,61-,62-,67+,68+,69+,70+;;;;;;;;;;/m1........../s1. The molecule has 766 valence electrons. The Bertz CT molecular complexity index is 6170. The van der Waals surface area contributed by atoms with Gasteiger partial charge in [0, 0.05) is 48.1 Å². The first-order chi connectivity index (χ1) is 63.7. The van der Waals surface area contributed by atoms with Gasteiger partial charge in [0.2, 0.25) is 74.2 Å². The zero-order valence-corrected chi connectivity index (χ0v) is 107. The first-order valence-corrected chi connectivity index (χ1v) is 51.8. The fourth-order valence-electron chi connectivity index (χ4n) is 14.7. The first kappa shape index (κ1) is 150. The zero-order chi connectivity index (χ0) is 102. The number of carbonyl (C=O) groups is 4. The monoisotopic (exact) mass is 2380 g/mol. The van der Waals surface area contributed by atoms with Crippen molar-refractivity contribution in [3.8, 4) is 11.1 Å². The van der Waals surface area contributed by atoms with Crippen molar-refractivity contribution < 1.29 is 535 Å². The first-order valence-electron chi connectivity index (χ1n) is 38.3. The van der Waals surface area contributed by atoms with Crippen LogP contribution in [0.3, 0.4) is 0 Å². The molecule has 4 fully saturated rings. The molecule has 0 aliphatic carbocycles. The molecule has 6 aromatic rings. The molecule has 78 heteroatoms. The van der Waals surface area contributed by atoms with Crippen molar-refractivity contribution in [2.24, 2.45) is 0 Å². The van der Waals surface area contributed by atoms with Crippen LogP contribution in [0.5, 0.6) is 0 Å². The van der Waals surface area contributed by atoms with Gasteiger partial charge >= 0.3 is 337 Å². The number of amides is 4. The molecule has 58 nitrogen and oxygen atoms in total. The third-order valence-electron chi connectivity index (χ3n) is 20.0. The maximum atomic E-state index is 16.1. The van der Waals surface area contributed by atoms with Gasteiger partial charge in [-0.2, -0.15) is 33.7 Å². The van der Waals surface area contributed by atoms with Crippen LogP contribution in [-0.2, 0) is 210 Å². The summed E-state index contributed by atoms with van der Waals surface area (Å²) in [6, 6.07) is 23.0. The molecule has 0 bridgehead atoms. The minimum Gasteiger partial charge on any atom is -0.829 e. The molecule has 22 atom stereocenters. The molecule has 0 radical (unpaired) electrons. The van der Waals surface area contributed by atoms with Crippen molar-refractivity contribution in [1.82, 2.24) is 21.3 Å². The average Bonchev–Trinajstić information content (AvgIpc) is 0.739. The number of rotatable bonds is 45. The SMILES string of the molecule is O=C(N[C@@H]1[C@@H](OC(Cc2ccccc2)C(=O)N[C@@H]2[C@@H](OS(=O)(=O)[O-])[C@H](OS(=O)(=O)[O-])[C@@H](COS(=O)(=O)[O-])O[C@@H]2[O-])[C@H](OS(=O)(=O)[O-])[C@@H](COS(=O)(=O)[O-])O[C@@]1([O-])Cc1ccccc1)c1ccc(-c2ccc(C(=O)N[C@@H]3[C@@H](OC(Cc4ccccc4)C(=O)N[C@@H]4[C@@H](OS(=O)(=O)[O-])[C@H](OS(=O)(=O)O)[C@@H](COS(=O)(=O)O)O[C@@H]4[O-])[C@H](OS(=O)(=O)O)[C@@H](COS(=O)(=O)O)O[C@@]3([O-])Cc3ccccc3)cc2)cc1.[Na+].[Na+].[Na+].[Na+].[Na+].[Na+].[Na+].[Na+].[Na+].[Na+]. The molecule has 2 unspecified atom stereocenters. The second-order valence-electron chi connectivity index (χ2n) is 29.7. The maximum absolute atomic E-state index is 16.1. The van der Waals surface area contributed by atoms with Crippen LogP contribution in [0, 0.1) is 0 Å². The summed E-state index contributed by atoms with van der Waals surface area (Å²) in [4.78, 5) is 60.5. The molecule has 4 heterocycles. The van der Waals surface area contributed by atoms with Crippen molar-refractivity contribution in [3.05, 3.63) is 203 Å². The van der Waals surface area contributed by atoms with Gasteiger partial charge in [-0.3, -0.25) is 62.5 Å². The summed E-state index contributed by atoms with van der Waals surface area (Å²) in [6.07, 6.45) is -50.5. The molecule has 0 aromatic heterocycles. The summed E-state index contributed by atoms with van der Waals surface area (Å²) in [7, 11) is -60.8. The van der Waals surface area contributed by atoms with Crippen LogP contribution in [0.15, 0.2) is 170 Å². The average molecular weight is 2380 g/mol. The molecular formula is C70H72N4Na10O54S10. The van der Waals surface area contributed by atoms with Gasteiger partial charge in [0.1, 0.15) is 85.5 Å². The number of hydrogen-bond acceptors (Lipinski definition) is 50. The third kappa shape index (κ3) is 48.5. The van der Waals surface area contributed by atoms with Crippen LogP contribution in [0.1, 0.15) is 43.0 Å². The summed E-state index contributed by atoms with van der Waals surface area (Å²) < 4.78 is 436. The summed E-state index contributed by atoms with van der Waals surface area (Å²) in [5.74, 6) is -13.8. The number of hydrogen-bond donors (Lipinski definition) is 8. The van der Waals surface area contributed by atoms with Crippen molar-refractivity contribution >= 4 is 128 Å². The van der Waals surface area contributed by atoms with Gasteiger partial charge in [-0.05, 0) is 70.5 Å². The molecule has 0 spiro atoms. The molecule has 8 N–H and O–H groups in total. The maximum Gasteiger partial charge on any atom is 1.00 e. The fraction of sp³-hybridized carbons (Fsp3) is 0.429. The smallest absolute Gasteiger partial charge is 0.829 e. The Morgan fingerprint density at radius 1 is 0.311 bits per heavy atom. The number of benzene rings is 6. The van der Waals surface area contributed by atoms with Gasteiger partial charge in [-0.15, -0.1) is 0 Å². The van der Waals surface area contributed by atoms with Crippen molar-refractivity contribution in [3.63, 3.8) is 0 Å². The van der Waals surface area contributed by atoms with E-state index in [0.717, 1.165) is 48.5 Å². The van der Waals surface area contributed by atoms with E-state index in [9.17, 15) is 140 Å². The number of carbonyl (C=O) groups excluding carboxylic acids is 4. The Hall–Kier alpha value is 1.50. The Kier molecular flexibility index (Phi) is 64.2. The van der Waals surface area contributed by atoms with E-state index in [1.807, 2.05) is 5.32 Å². The van der Waals surface area contributed by atoms with Crippen molar-refractivity contribution in [2.75, 3.05) is 26.4 Å². The molecule has 4 amide bonds. The Morgan fingerprint density at radius 2 is 0.561 bits per heavy atom. The van der Waals surface area contributed by atoms with E-state index in [-0.39, 0.29) is 329 Å². The predicted molar refractivity (Wildman–Crippen MR) is 426 cm³/mol. The quantitative estimate of drug-likeness (QED) is 0.01000. The van der Waals surface area contributed by atoms with E-state index in [2.05, 4.69) is 44.1 Å². The van der Waals surface area contributed by atoms with Gasteiger partial charge in [0.15, 0.2) is 0 Å². The van der Waals surface area contributed by atoms with E-state index in [1.165, 1.54) is 121 Å². The molecule has 4 saturated heterocycles. The van der Waals surface area contributed by atoms with Crippen molar-refractivity contribution in [1.29, 1.82) is 0 Å². The number of ether oxygens (including phenoxy) is 6. The second-order valence-corrected chi connectivity index (χ2v) is 40.1. The van der Waals surface area contributed by atoms with Crippen LogP contribution < -0.4 is 337 Å². The van der Waals surface area contributed by atoms with E-state index in [4.69, 9.17) is 36.8 Å². The molecule has 10 rings (SSSR count). The Labute approximate surface area is 1070 Å². The van der Waals surface area contributed by atoms with Gasteiger partial charge < -0.3 is 97.4 Å². The van der Waals surface area contributed by atoms with Gasteiger partial charge in [-0.1, -0.05) is 146 Å². The van der Waals surface area contributed by atoms with Crippen LogP contribution in [0.2, 0.25) is 0 Å². The molecule has 0 saturated carbocycles.